The molecule has 0 amide bonds. The summed E-state index contributed by atoms with van der Waals surface area (Å²) in [5, 5.41) is 3.68. The minimum Gasteiger partial charge on any atom is -0.469 e. The number of rotatable bonds is 4. The van der Waals surface area contributed by atoms with Crippen molar-refractivity contribution in [3.63, 3.8) is 0 Å². The van der Waals surface area contributed by atoms with E-state index in [9.17, 15) is 0 Å². The predicted molar refractivity (Wildman–Crippen MR) is 80.2 cm³/mol. The first kappa shape index (κ1) is 14.6. The van der Waals surface area contributed by atoms with E-state index in [-0.39, 0.29) is 0 Å². The molecule has 0 aliphatic heterocycles. The predicted octanol–water partition coefficient (Wildman–Crippen LogP) is 4.26. The number of nitrogens with one attached hydrogen (secondary N) is 1. The van der Waals surface area contributed by atoms with Crippen LogP contribution in [0, 0.1) is 17.3 Å². The van der Waals surface area contributed by atoms with Gasteiger partial charge in [0.05, 0.1) is 6.26 Å². The zero-order valence-corrected chi connectivity index (χ0v) is 12.9. The van der Waals surface area contributed by atoms with Gasteiger partial charge in [0.25, 0.3) is 0 Å². The van der Waals surface area contributed by atoms with E-state index in [1.807, 2.05) is 6.07 Å². The zero-order valence-electron chi connectivity index (χ0n) is 12.9. The average molecular weight is 263 g/mol. The molecule has 3 unspecified atom stereocenters. The van der Waals surface area contributed by atoms with Gasteiger partial charge in [-0.2, -0.15) is 0 Å². The molecule has 1 N–H and O–H groups in total. The zero-order chi connectivity index (χ0) is 13.9. The van der Waals surface area contributed by atoms with Crippen molar-refractivity contribution in [2.24, 2.45) is 17.3 Å². The molecule has 2 nitrogen and oxygen atoms in total. The van der Waals surface area contributed by atoms with Gasteiger partial charge in [0.1, 0.15) is 5.76 Å². The topological polar surface area (TPSA) is 25.2 Å². The Labute approximate surface area is 118 Å². The van der Waals surface area contributed by atoms with Crippen LogP contribution in [-0.2, 0) is 6.42 Å². The average Bonchev–Trinajstić information content (AvgIpc) is 2.83. The van der Waals surface area contributed by atoms with Crippen molar-refractivity contribution in [1.29, 1.82) is 0 Å². The molecule has 0 radical (unpaired) electrons. The molecule has 0 bridgehead atoms. The van der Waals surface area contributed by atoms with E-state index in [2.05, 4.69) is 39.1 Å². The van der Waals surface area contributed by atoms with Gasteiger partial charge in [-0.1, -0.05) is 27.7 Å². The normalized spacial score (nSPS) is 28.5. The van der Waals surface area contributed by atoms with Crippen molar-refractivity contribution in [2.45, 2.75) is 59.4 Å². The van der Waals surface area contributed by atoms with E-state index in [1.165, 1.54) is 19.3 Å². The van der Waals surface area contributed by atoms with E-state index in [1.54, 1.807) is 6.26 Å². The fourth-order valence-electron chi connectivity index (χ4n) is 3.49. The maximum Gasteiger partial charge on any atom is 0.104 e. The van der Waals surface area contributed by atoms with Crippen molar-refractivity contribution in [1.82, 2.24) is 5.32 Å². The molecule has 0 aromatic carbocycles. The van der Waals surface area contributed by atoms with E-state index in [4.69, 9.17) is 4.42 Å². The summed E-state index contributed by atoms with van der Waals surface area (Å²) >= 11 is 0. The lowest BCUT2D eigenvalue weighted by Gasteiger charge is -2.42. The molecule has 1 heterocycles. The highest BCUT2D eigenvalue weighted by molar-refractivity contribution is 5.02. The second-order valence-electron chi connectivity index (χ2n) is 7.08. The molecule has 2 heteroatoms. The first-order chi connectivity index (χ1) is 9.00. The molecule has 1 aliphatic carbocycles. The van der Waals surface area contributed by atoms with Gasteiger partial charge < -0.3 is 9.73 Å². The van der Waals surface area contributed by atoms with Crippen LogP contribution in [0.3, 0.4) is 0 Å². The van der Waals surface area contributed by atoms with Crippen molar-refractivity contribution >= 4 is 0 Å². The van der Waals surface area contributed by atoms with Crippen LogP contribution >= 0.6 is 0 Å². The Bertz CT molecular complexity index is 363. The largest absolute Gasteiger partial charge is 0.469 e. The molecule has 1 saturated carbocycles. The molecule has 108 valence electrons. The highest BCUT2D eigenvalue weighted by atomic mass is 16.3. The molecule has 3 atom stereocenters. The minimum absolute atomic E-state index is 0.429. The summed E-state index contributed by atoms with van der Waals surface area (Å²) in [4.78, 5) is 0. The van der Waals surface area contributed by atoms with Crippen LogP contribution in [-0.4, -0.2) is 12.6 Å². The van der Waals surface area contributed by atoms with Gasteiger partial charge in [-0.15, -0.1) is 0 Å². The summed E-state index contributed by atoms with van der Waals surface area (Å²) in [5.41, 5.74) is 0.429. The van der Waals surface area contributed by atoms with Gasteiger partial charge in [-0.25, -0.2) is 0 Å². The van der Waals surface area contributed by atoms with Crippen molar-refractivity contribution in [2.75, 3.05) is 6.54 Å². The second kappa shape index (κ2) is 6.13. The van der Waals surface area contributed by atoms with Gasteiger partial charge in [0.15, 0.2) is 0 Å². The van der Waals surface area contributed by atoms with Gasteiger partial charge in [-0.05, 0) is 55.2 Å². The van der Waals surface area contributed by atoms with Gasteiger partial charge in [0.2, 0.25) is 0 Å². The lowest BCUT2D eigenvalue weighted by molar-refractivity contribution is 0.112. The molecule has 0 saturated heterocycles. The van der Waals surface area contributed by atoms with Crippen LogP contribution in [0.4, 0.5) is 0 Å². The Balaban J connectivity index is 2.04. The third kappa shape index (κ3) is 3.85. The maximum absolute atomic E-state index is 5.56. The summed E-state index contributed by atoms with van der Waals surface area (Å²) < 4.78 is 5.56. The molecule has 2 rings (SSSR count). The summed E-state index contributed by atoms with van der Waals surface area (Å²) in [6.45, 7) is 10.4. The fourth-order valence-corrected chi connectivity index (χ4v) is 3.49. The van der Waals surface area contributed by atoms with Crippen molar-refractivity contribution in [3.05, 3.63) is 24.2 Å². The molecule has 1 aromatic heterocycles. The molecular weight excluding hydrogens is 234 g/mol. The second-order valence-corrected chi connectivity index (χ2v) is 7.08. The van der Waals surface area contributed by atoms with E-state index >= 15 is 0 Å². The van der Waals surface area contributed by atoms with Crippen LogP contribution in [0.25, 0.3) is 0 Å². The number of hydrogen-bond donors (Lipinski definition) is 1. The van der Waals surface area contributed by atoms with Crippen LogP contribution < -0.4 is 5.32 Å². The summed E-state index contributed by atoms with van der Waals surface area (Å²) in [5.74, 6) is 2.69. The highest BCUT2D eigenvalue weighted by Crippen LogP contribution is 2.41. The van der Waals surface area contributed by atoms with Gasteiger partial charge in [0, 0.05) is 12.5 Å². The van der Waals surface area contributed by atoms with Crippen LogP contribution in [0.1, 0.15) is 52.7 Å². The molecular formula is C17H29NO. The Kier molecular flexibility index (Phi) is 4.72. The van der Waals surface area contributed by atoms with Crippen LogP contribution in [0.5, 0.6) is 0 Å². The summed E-state index contributed by atoms with van der Waals surface area (Å²) in [7, 11) is 0. The highest BCUT2D eigenvalue weighted by Gasteiger charge is 2.35. The lowest BCUT2D eigenvalue weighted by atomic mass is 9.66. The maximum atomic E-state index is 5.56. The summed E-state index contributed by atoms with van der Waals surface area (Å²) in [6.07, 6.45) is 6.86. The third-order valence-electron chi connectivity index (χ3n) is 4.72. The Morgan fingerprint density at radius 3 is 2.68 bits per heavy atom. The number of furan rings is 1. The van der Waals surface area contributed by atoms with Crippen LogP contribution in [0.2, 0.25) is 0 Å². The minimum atomic E-state index is 0.429. The smallest absolute Gasteiger partial charge is 0.104 e. The Morgan fingerprint density at radius 1 is 1.32 bits per heavy atom. The van der Waals surface area contributed by atoms with E-state index in [0.717, 1.165) is 24.6 Å². The summed E-state index contributed by atoms with van der Waals surface area (Å²) in [6, 6.07) is 4.78. The first-order valence-electron chi connectivity index (χ1n) is 7.76. The van der Waals surface area contributed by atoms with Gasteiger partial charge in [-0.3, -0.25) is 0 Å². The van der Waals surface area contributed by atoms with E-state index in [0.29, 0.717) is 17.4 Å². The monoisotopic (exact) mass is 263 g/mol. The first-order valence-corrected chi connectivity index (χ1v) is 7.76. The lowest BCUT2D eigenvalue weighted by Crippen LogP contribution is -2.43. The molecule has 0 spiro atoms. The Hall–Kier alpha value is -0.760. The standard InChI is InChI=1S/C17H29NO/c1-5-18-16-9-8-14(17(2,3)4)11-13(16)12-15-7-6-10-19-15/h6-7,10,13-14,16,18H,5,8-9,11-12H2,1-4H3. The molecule has 1 aromatic rings. The van der Waals surface area contributed by atoms with E-state index < -0.39 is 0 Å². The van der Waals surface area contributed by atoms with Crippen LogP contribution in [0.15, 0.2) is 22.8 Å². The SMILES string of the molecule is CCNC1CCC(C(C)(C)C)CC1Cc1ccco1. The number of hydrogen-bond acceptors (Lipinski definition) is 2. The quantitative estimate of drug-likeness (QED) is 0.878. The third-order valence-corrected chi connectivity index (χ3v) is 4.72. The van der Waals surface area contributed by atoms with Gasteiger partial charge >= 0.3 is 0 Å². The molecule has 19 heavy (non-hydrogen) atoms. The fraction of sp³-hybridized carbons (Fsp3) is 0.765. The van der Waals surface area contributed by atoms with Crippen molar-refractivity contribution in [3.8, 4) is 0 Å². The molecule has 1 fully saturated rings. The Morgan fingerprint density at radius 2 is 2.11 bits per heavy atom. The van der Waals surface area contributed by atoms with Crippen molar-refractivity contribution < 1.29 is 4.42 Å². The molecule has 1 aliphatic rings.